The van der Waals surface area contributed by atoms with E-state index in [1.165, 1.54) is 31.1 Å². The zero-order valence-electron chi connectivity index (χ0n) is 14.5. The molecule has 0 aromatic carbocycles. The molecule has 0 saturated carbocycles. The van der Waals surface area contributed by atoms with Crippen molar-refractivity contribution >= 4 is 11.7 Å². The predicted octanol–water partition coefficient (Wildman–Crippen LogP) is 3.97. The van der Waals surface area contributed by atoms with Gasteiger partial charge in [-0.15, -0.1) is 0 Å². The number of carbonyl (C=O) groups excluding carboxylic acids is 1. The van der Waals surface area contributed by atoms with Crippen molar-refractivity contribution < 1.29 is 18.0 Å². The van der Waals surface area contributed by atoms with Gasteiger partial charge in [-0.3, -0.25) is 0 Å². The normalized spacial score (nSPS) is 21.0. The van der Waals surface area contributed by atoms with Crippen LogP contribution in [0, 0.1) is 5.92 Å². The largest absolute Gasteiger partial charge is 0.394 e. The second-order valence-corrected chi connectivity index (χ2v) is 7.66. The molecule has 1 aromatic heterocycles. The van der Waals surface area contributed by atoms with Crippen LogP contribution in [0.5, 0.6) is 0 Å². The van der Waals surface area contributed by atoms with E-state index in [1.807, 2.05) is 20.8 Å². The number of amides is 2. The van der Waals surface area contributed by atoms with Crippen LogP contribution in [-0.2, 0) is 5.41 Å². The number of carbonyl (C=O) groups is 1. The second kappa shape index (κ2) is 5.89. The van der Waals surface area contributed by atoms with Crippen molar-refractivity contribution in [2.75, 3.05) is 11.9 Å². The predicted molar refractivity (Wildman–Crippen MR) is 84.7 cm³/mol. The van der Waals surface area contributed by atoms with Gasteiger partial charge in [0.1, 0.15) is 5.82 Å². The number of aromatic nitrogens is 2. The van der Waals surface area contributed by atoms with Gasteiger partial charge in [-0.1, -0.05) is 20.8 Å². The van der Waals surface area contributed by atoms with Crippen LogP contribution < -0.4 is 5.32 Å². The van der Waals surface area contributed by atoms with E-state index in [9.17, 15) is 18.0 Å². The van der Waals surface area contributed by atoms with Crippen molar-refractivity contribution in [3.63, 3.8) is 0 Å². The smallest absolute Gasteiger partial charge is 0.319 e. The van der Waals surface area contributed by atoms with Gasteiger partial charge in [0.25, 0.3) is 0 Å². The fourth-order valence-corrected chi connectivity index (χ4v) is 2.99. The number of anilines is 1. The molecule has 0 aliphatic carbocycles. The first-order chi connectivity index (χ1) is 10.8. The van der Waals surface area contributed by atoms with Crippen molar-refractivity contribution in [3.05, 3.63) is 18.2 Å². The third-order valence-electron chi connectivity index (χ3n) is 4.40. The maximum absolute atomic E-state index is 13.1. The molecule has 1 N–H and O–H groups in total. The maximum atomic E-state index is 13.1. The van der Waals surface area contributed by atoms with Crippen LogP contribution in [0.15, 0.2) is 12.4 Å². The summed E-state index contributed by atoms with van der Waals surface area (Å²) in [5.41, 5.74) is -1.16. The summed E-state index contributed by atoms with van der Waals surface area (Å²) in [5.74, 6) is -0.908. The van der Waals surface area contributed by atoms with Crippen molar-refractivity contribution in [2.24, 2.45) is 5.92 Å². The highest BCUT2D eigenvalue weighted by Crippen LogP contribution is 2.44. The summed E-state index contributed by atoms with van der Waals surface area (Å²) in [5, 5.41) is 2.58. The van der Waals surface area contributed by atoms with Crippen LogP contribution in [-0.4, -0.2) is 39.2 Å². The number of urea groups is 1. The Morgan fingerprint density at radius 1 is 1.25 bits per heavy atom. The fourth-order valence-electron chi connectivity index (χ4n) is 2.99. The van der Waals surface area contributed by atoms with E-state index < -0.39 is 23.7 Å². The van der Waals surface area contributed by atoms with Crippen molar-refractivity contribution in [1.29, 1.82) is 0 Å². The van der Waals surface area contributed by atoms with Gasteiger partial charge in [-0.05, 0) is 20.3 Å². The van der Waals surface area contributed by atoms with Crippen LogP contribution in [0.25, 0.3) is 0 Å². The number of rotatable bonds is 1. The fraction of sp³-hybridized carbons (Fsp3) is 0.688. The van der Waals surface area contributed by atoms with E-state index in [-0.39, 0.29) is 18.4 Å². The molecule has 1 aliphatic rings. The number of likely N-dealkylation sites (tertiary alicyclic amines) is 1. The molecule has 24 heavy (non-hydrogen) atoms. The van der Waals surface area contributed by atoms with Gasteiger partial charge >= 0.3 is 12.2 Å². The van der Waals surface area contributed by atoms with Gasteiger partial charge in [-0.25, -0.2) is 14.8 Å². The zero-order valence-corrected chi connectivity index (χ0v) is 14.5. The Labute approximate surface area is 139 Å². The summed E-state index contributed by atoms with van der Waals surface area (Å²) >= 11 is 0. The van der Waals surface area contributed by atoms with Gasteiger partial charge in [0.05, 0.1) is 29.5 Å². The Kier molecular flexibility index (Phi) is 4.54. The lowest BCUT2D eigenvalue weighted by molar-refractivity contribution is -0.189. The first kappa shape index (κ1) is 18.5. The molecule has 0 bridgehead atoms. The number of halogens is 3. The minimum atomic E-state index is -4.32. The molecular formula is C16H23F3N4O. The maximum Gasteiger partial charge on any atom is 0.394 e. The molecule has 8 heteroatoms. The standard InChI is InChI=1S/C16H23F3N4O/c1-14(2,3)12-20-8-10(9-21-12)22-13(24)23-7-6-11(15(23,4)5)16(17,18)19/h8-9,11H,6-7H2,1-5H3,(H,22,24). The summed E-state index contributed by atoms with van der Waals surface area (Å²) in [6.07, 6.45) is -1.48. The third-order valence-corrected chi connectivity index (χ3v) is 4.40. The van der Waals surface area contributed by atoms with Gasteiger partial charge in [0.2, 0.25) is 0 Å². The van der Waals surface area contributed by atoms with Crippen LogP contribution in [0.1, 0.15) is 46.9 Å². The number of hydrogen-bond donors (Lipinski definition) is 1. The SMILES string of the molecule is CC(C)(C)c1ncc(NC(=O)N2CCC(C(F)(F)F)C2(C)C)cn1. The average molecular weight is 344 g/mol. The van der Waals surface area contributed by atoms with Crippen molar-refractivity contribution in [1.82, 2.24) is 14.9 Å². The van der Waals surface area contributed by atoms with E-state index in [1.54, 1.807) is 0 Å². The van der Waals surface area contributed by atoms with Crippen LogP contribution in [0.2, 0.25) is 0 Å². The molecule has 1 saturated heterocycles. The summed E-state index contributed by atoms with van der Waals surface area (Å²) in [6, 6.07) is -0.571. The molecular weight excluding hydrogens is 321 g/mol. The van der Waals surface area contributed by atoms with Crippen LogP contribution in [0.4, 0.5) is 23.7 Å². The Bertz CT molecular complexity index is 605. The number of nitrogens with zero attached hydrogens (tertiary/aromatic N) is 3. The topological polar surface area (TPSA) is 58.1 Å². The Morgan fingerprint density at radius 2 is 1.79 bits per heavy atom. The van der Waals surface area contributed by atoms with E-state index >= 15 is 0 Å². The van der Waals surface area contributed by atoms with Crippen molar-refractivity contribution in [2.45, 2.75) is 58.2 Å². The molecule has 0 radical (unpaired) electrons. The lowest BCUT2D eigenvalue weighted by Crippen LogP contribution is -2.51. The number of hydrogen-bond acceptors (Lipinski definition) is 3. The van der Waals surface area contributed by atoms with Crippen LogP contribution >= 0.6 is 0 Å². The molecule has 5 nitrogen and oxygen atoms in total. The van der Waals surface area contributed by atoms with Gasteiger partial charge < -0.3 is 10.2 Å². The molecule has 2 heterocycles. The molecule has 0 spiro atoms. The first-order valence-corrected chi connectivity index (χ1v) is 7.81. The number of alkyl halides is 3. The summed E-state index contributed by atoms with van der Waals surface area (Å²) in [7, 11) is 0. The highest BCUT2D eigenvalue weighted by atomic mass is 19.4. The summed E-state index contributed by atoms with van der Waals surface area (Å²) < 4.78 is 39.3. The van der Waals surface area contributed by atoms with E-state index in [0.29, 0.717) is 11.5 Å². The highest BCUT2D eigenvalue weighted by Gasteiger charge is 2.56. The molecule has 1 aliphatic heterocycles. The molecule has 1 fully saturated rings. The van der Waals surface area contributed by atoms with E-state index in [0.717, 1.165) is 0 Å². The monoisotopic (exact) mass is 344 g/mol. The molecule has 134 valence electrons. The van der Waals surface area contributed by atoms with Gasteiger partial charge in [-0.2, -0.15) is 13.2 Å². The van der Waals surface area contributed by atoms with Crippen molar-refractivity contribution in [3.8, 4) is 0 Å². The number of nitrogens with one attached hydrogen (secondary N) is 1. The summed E-state index contributed by atoms with van der Waals surface area (Å²) in [4.78, 5) is 22.0. The second-order valence-electron chi connectivity index (χ2n) is 7.66. The van der Waals surface area contributed by atoms with Gasteiger partial charge in [0, 0.05) is 12.0 Å². The van der Waals surface area contributed by atoms with Gasteiger partial charge in [0.15, 0.2) is 0 Å². The van der Waals surface area contributed by atoms with E-state index in [4.69, 9.17) is 0 Å². The average Bonchev–Trinajstić information content (AvgIpc) is 2.73. The summed E-state index contributed by atoms with van der Waals surface area (Å²) in [6.45, 7) is 8.83. The third kappa shape index (κ3) is 3.62. The quantitative estimate of drug-likeness (QED) is 0.839. The molecule has 2 rings (SSSR count). The highest BCUT2D eigenvalue weighted by molar-refractivity contribution is 5.89. The molecule has 1 unspecified atom stereocenters. The molecule has 1 aromatic rings. The lowest BCUT2D eigenvalue weighted by atomic mass is 9.88. The van der Waals surface area contributed by atoms with E-state index in [2.05, 4.69) is 15.3 Å². The molecule has 1 atom stereocenters. The minimum Gasteiger partial charge on any atom is -0.319 e. The Hall–Kier alpha value is -1.86. The lowest BCUT2D eigenvalue weighted by Gasteiger charge is -2.36. The zero-order chi connectivity index (χ0) is 18.3. The Morgan fingerprint density at radius 3 is 2.21 bits per heavy atom. The van der Waals surface area contributed by atoms with Crippen LogP contribution in [0.3, 0.4) is 0 Å². The first-order valence-electron chi connectivity index (χ1n) is 7.81. The molecule has 2 amide bonds. The Balaban J connectivity index is 2.10. The minimum absolute atomic E-state index is 0.0595.